The highest BCUT2D eigenvalue weighted by molar-refractivity contribution is 5.97. The van der Waals surface area contributed by atoms with E-state index in [1.54, 1.807) is 23.5 Å². The van der Waals surface area contributed by atoms with Crippen LogP contribution in [0.5, 0.6) is 11.5 Å². The van der Waals surface area contributed by atoms with Crippen molar-refractivity contribution in [3.63, 3.8) is 0 Å². The van der Waals surface area contributed by atoms with Crippen molar-refractivity contribution in [3.05, 3.63) is 96.1 Å². The maximum Gasteiger partial charge on any atom is 0.258 e. The largest absolute Gasteiger partial charge is 0.504 e. The Balaban J connectivity index is 1.53. The first-order valence-corrected chi connectivity index (χ1v) is 10.8. The number of aromatic hydroxyl groups is 2. The van der Waals surface area contributed by atoms with Crippen LogP contribution in [0, 0.1) is 0 Å². The molecule has 1 amide bonds. The van der Waals surface area contributed by atoms with E-state index in [-0.39, 0.29) is 23.0 Å². The Bertz CT molecular complexity index is 1270. The Hall–Kier alpha value is -4.26. The van der Waals surface area contributed by atoms with Gasteiger partial charge in [-0.05, 0) is 41.0 Å². The molecule has 33 heavy (non-hydrogen) atoms. The average molecular weight is 441 g/mol. The molecule has 0 fully saturated rings. The fraction of sp³-hybridized carbons (Fsp3) is 0.154. The van der Waals surface area contributed by atoms with Crippen LogP contribution in [0.3, 0.4) is 0 Å². The van der Waals surface area contributed by atoms with Crippen LogP contribution < -0.4 is 4.90 Å². The zero-order chi connectivity index (χ0) is 22.8. The maximum absolute atomic E-state index is 13.3. The van der Waals surface area contributed by atoms with Crippen LogP contribution in [-0.4, -0.2) is 44.1 Å². The zero-order valence-corrected chi connectivity index (χ0v) is 18.0. The summed E-state index contributed by atoms with van der Waals surface area (Å²) in [6, 6.07) is 20.9. The van der Waals surface area contributed by atoms with E-state index >= 15 is 0 Å². The van der Waals surface area contributed by atoms with Gasteiger partial charge in [0.15, 0.2) is 11.5 Å². The quantitative estimate of drug-likeness (QED) is 0.415. The molecule has 0 bridgehead atoms. The predicted octanol–water partition coefficient (Wildman–Crippen LogP) is 4.15. The fourth-order valence-electron chi connectivity index (χ4n) is 4.27. The summed E-state index contributed by atoms with van der Waals surface area (Å²) in [5.74, 6) is -1.01. The molecule has 1 aliphatic heterocycles. The van der Waals surface area contributed by atoms with Crippen molar-refractivity contribution in [2.45, 2.75) is 13.1 Å². The van der Waals surface area contributed by atoms with E-state index in [1.165, 1.54) is 12.1 Å². The number of rotatable bonds is 4. The second-order valence-electron chi connectivity index (χ2n) is 8.11. The number of para-hydroxylation sites is 1. The van der Waals surface area contributed by atoms with Gasteiger partial charge in [-0.15, -0.1) is 0 Å². The number of anilines is 1. The number of fused-ring (bicyclic) bond motifs is 1. The SMILES string of the molecule is O=C(c1cccc(O)c1O)N1CCN(Cc2cnc[nH]2)c2ccc(-c3ccccc3)cc2C1. The number of carbonyl (C=O) groups excluding carboxylic acids is 1. The Morgan fingerprint density at radius 2 is 1.82 bits per heavy atom. The second-order valence-corrected chi connectivity index (χ2v) is 8.11. The number of hydrogen-bond acceptors (Lipinski definition) is 5. The normalized spacial score (nSPS) is 13.5. The van der Waals surface area contributed by atoms with Gasteiger partial charge < -0.3 is 25.0 Å². The standard InChI is InChI=1S/C26H24N4O3/c31-24-8-4-7-22(25(24)32)26(33)30-12-11-29(16-21-14-27-17-28-21)23-10-9-19(13-20(23)15-30)18-5-2-1-3-6-18/h1-10,13-14,17,31-32H,11-12,15-16H2,(H,27,28). The van der Waals surface area contributed by atoms with Gasteiger partial charge in [0.05, 0.1) is 24.1 Å². The summed E-state index contributed by atoms with van der Waals surface area (Å²) in [6.07, 6.45) is 3.46. The van der Waals surface area contributed by atoms with E-state index in [2.05, 4.69) is 45.2 Å². The summed E-state index contributed by atoms with van der Waals surface area (Å²) in [5, 5.41) is 20.1. The molecule has 3 N–H and O–H groups in total. The van der Waals surface area contributed by atoms with Crippen molar-refractivity contribution in [3.8, 4) is 22.6 Å². The van der Waals surface area contributed by atoms with Crippen LogP contribution in [-0.2, 0) is 13.1 Å². The molecule has 5 rings (SSSR count). The number of nitrogens with one attached hydrogen (secondary N) is 1. The lowest BCUT2D eigenvalue weighted by atomic mass is 10.0. The maximum atomic E-state index is 13.3. The van der Waals surface area contributed by atoms with Crippen LogP contribution in [0.4, 0.5) is 5.69 Å². The van der Waals surface area contributed by atoms with E-state index in [1.807, 2.05) is 18.2 Å². The number of carbonyl (C=O) groups is 1. The number of benzene rings is 3. The summed E-state index contributed by atoms with van der Waals surface area (Å²) in [4.78, 5) is 24.6. The first kappa shape index (κ1) is 20.6. The molecule has 0 atom stereocenters. The highest BCUT2D eigenvalue weighted by atomic mass is 16.3. The summed E-state index contributed by atoms with van der Waals surface area (Å²) in [5.41, 5.74) is 5.33. The van der Waals surface area contributed by atoms with Gasteiger partial charge >= 0.3 is 0 Å². The third kappa shape index (κ3) is 4.13. The Morgan fingerprint density at radius 3 is 2.61 bits per heavy atom. The number of H-pyrrole nitrogens is 1. The molecule has 7 heteroatoms. The number of nitrogens with zero attached hydrogens (tertiary/aromatic N) is 3. The minimum atomic E-state index is -0.390. The molecule has 1 aliphatic rings. The summed E-state index contributed by atoms with van der Waals surface area (Å²) in [6.45, 7) is 2.11. The number of imidazole rings is 1. The highest BCUT2D eigenvalue weighted by Gasteiger charge is 2.26. The van der Waals surface area contributed by atoms with Gasteiger partial charge in [0, 0.05) is 31.5 Å². The van der Waals surface area contributed by atoms with Gasteiger partial charge in [0.1, 0.15) is 0 Å². The first-order chi connectivity index (χ1) is 16.1. The second kappa shape index (κ2) is 8.70. The molecule has 2 heterocycles. The van der Waals surface area contributed by atoms with Crippen molar-refractivity contribution in [1.29, 1.82) is 0 Å². The van der Waals surface area contributed by atoms with Crippen molar-refractivity contribution in [2.24, 2.45) is 0 Å². The lowest BCUT2D eigenvalue weighted by Crippen LogP contribution is -2.35. The van der Waals surface area contributed by atoms with Crippen LogP contribution >= 0.6 is 0 Å². The van der Waals surface area contributed by atoms with Crippen LogP contribution in [0.1, 0.15) is 21.6 Å². The van der Waals surface area contributed by atoms with Crippen molar-refractivity contribution in [2.75, 3.05) is 18.0 Å². The van der Waals surface area contributed by atoms with Crippen LogP contribution in [0.2, 0.25) is 0 Å². The molecule has 3 aromatic carbocycles. The lowest BCUT2D eigenvalue weighted by Gasteiger charge is -2.24. The van der Waals surface area contributed by atoms with E-state index in [0.717, 1.165) is 28.1 Å². The van der Waals surface area contributed by atoms with E-state index in [0.29, 0.717) is 26.2 Å². The highest BCUT2D eigenvalue weighted by Crippen LogP contribution is 2.34. The van der Waals surface area contributed by atoms with Gasteiger partial charge in [0.2, 0.25) is 0 Å². The Morgan fingerprint density at radius 1 is 0.970 bits per heavy atom. The third-order valence-electron chi connectivity index (χ3n) is 5.98. The Kier molecular flexibility index (Phi) is 5.44. The lowest BCUT2D eigenvalue weighted by molar-refractivity contribution is 0.0747. The van der Waals surface area contributed by atoms with Crippen LogP contribution in [0.15, 0.2) is 79.3 Å². The molecule has 0 radical (unpaired) electrons. The minimum absolute atomic E-state index is 0.0952. The molecule has 4 aromatic rings. The van der Waals surface area contributed by atoms with Crippen molar-refractivity contribution in [1.82, 2.24) is 14.9 Å². The molecule has 7 nitrogen and oxygen atoms in total. The van der Waals surface area contributed by atoms with Gasteiger partial charge in [-0.1, -0.05) is 42.5 Å². The number of hydrogen-bond donors (Lipinski definition) is 3. The molecular weight excluding hydrogens is 416 g/mol. The molecule has 166 valence electrons. The monoisotopic (exact) mass is 440 g/mol. The molecule has 0 aliphatic carbocycles. The molecule has 0 saturated carbocycles. The van der Waals surface area contributed by atoms with Crippen LogP contribution in [0.25, 0.3) is 11.1 Å². The van der Waals surface area contributed by atoms with Gasteiger partial charge in [0.25, 0.3) is 5.91 Å². The smallest absolute Gasteiger partial charge is 0.258 e. The van der Waals surface area contributed by atoms with Gasteiger partial charge in [-0.2, -0.15) is 0 Å². The molecule has 0 saturated heterocycles. The summed E-state index contributed by atoms with van der Waals surface area (Å²) >= 11 is 0. The predicted molar refractivity (Wildman–Crippen MR) is 126 cm³/mol. The zero-order valence-electron chi connectivity index (χ0n) is 18.0. The summed E-state index contributed by atoms with van der Waals surface area (Å²) in [7, 11) is 0. The van der Waals surface area contributed by atoms with Crippen molar-refractivity contribution < 1.29 is 15.0 Å². The Labute approximate surface area is 191 Å². The van der Waals surface area contributed by atoms with E-state index in [4.69, 9.17) is 0 Å². The third-order valence-corrected chi connectivity index (χ3v) is 5.98. The topological polar surface area (TPSA) is 92.7 Å². The number of aromatic amines is 1. The number of amides is 1. The van der Waals surface area contributed by atoms with Gasteiger partial charge in [-0.3, -0.25) is 4.79 Å². The number of phenolic OH excluding ortho intramolecular Hbond substituents is 2. The molecule has 1 aromatic heterocycles. The fourth-order valence-corrected chi connectivity index (χ4v) is 4.27. The average Bonchev–Trinajstić information content (AvgIpc) is 3.29. The van der Waals surface area contributed by atoms with Gasteiger partial charge in [-0.25, -0.2) is 4.98 Å². The van der Waals surface area contributed by atoms with Crippen molar-refractivity contribution >= 4 is 11.6 Å². The van der Waals surface area contributed by atoms with E-state index in [9.17, 15) is 15.0 Å². The number of aromatic nitrogens is 2. The first-order valence-electron chi connectivity index (χ1n) is 10.8. The minimum Gasteiger partial charge on any atom is -0.504 e. The number of phenols is 2. The molecular formula is C26H24N4O3. The molecule has 0 spiro atoms. The molecule has 0 unspecified atom stereocenters. The van der Waals surface area contributed by atoms with E-state index < -0.39 is 0 Å². The summed E-state index contributed by atoms with van der Waals surface area (Å²) < 4.78 is 0.